The van der Waals surface area contributed by atoms with Gasteiger partial charge in [0.2, 0.25) is 0 Å². The molecule has 0 unspecified atom stereocenters. The second-order valence-electron chi connectivity index (χ2n) is 0. The molecule has 0 aliphatic heterocycles. The van der Waals surface area contributed by atoms with Crippen molar-refractivity contribution in [2.45, 2.75) is 0 Å². The maximum atomic E-state index is 0. The topological polar surface area (TPSA) is 0 Å². The molecule has 0 nitrogen and oxygen atoms in total. The van der Waals surface area contributed by atoms with Gasteiger partial charge in [-0.25, -0.2) is 0 Å². The monoisotopic (exact) mass is 265 g/mol. The summed E-state index contributed by atoms with van der Waals surface area (Å²) in [5.41, 5.74) is 0. The van der Waals surface area contributed by atoms with Crippen molar-refractivity contribution in [3.63, 3.8) is 0 Å². The summed E-state index contributed by atoms with van der Waals surface area (Å²) in [5.74, 6) is 0. The summed E-state index contributed by atoms with van der Waals surface area (Å²) < 4.78 is 0. The van der Waals surface area contributed by atoms with Gasteiger partial charge in [-0.2, -0.15) is 0 Å². The molecule has 0 aromatic carbocycles. The van der Waals surface area contributed by atoms with E-state index in [9.17, 15) is 0 Å². The van der Waals surface area contributed by atoms with Crippen molar-refractivity contribution < 1.29 is 91.5 Å². The van der Waals surface area contributed by atoms with Crippen LogP contribution in [-0.4, -0.2) is 0 Å². The first kappa shape index (κ1) is 124. The second kappa shape index (κ2) is 85.3. The van der Waals surface area contributed by atoms with Gasteiger partial charge in [0, 0.05) is 0 Å². The predicted molar refractivity (Wildman–Crippen MR) is 0 cm³/mol. The second-order valence-corrected chi connectivity index (χ2v) is 0. The van der Waals surface area contributed by atoms with E-state index >= 15 is 0 Å². The van der Waals surface area contributed by atoms with E-state index in [-0.39, 0.29) is 91.5 Å². The summed E-state index contributed by atoms with van der Waals surface area (Å²) in [6, 6.07) is 0. The SMILES string of the molecule is [Cl-].[Cl-].[Cl-].[Cl-].[Cl-].[Cl-].[Mn+2]. The molecule has 0 bridgehead atoms. The standard InChI is InChI=1S/6ClH.Mn/h6*1H;/q;;;;;;+2/p-6. The van der Waals surface area contributed by atoms with Crippen LogP contribution in [0.25, 0.3) is 0 Å². The van der Waals surface area contributed by atoms with Crippen LogP contribution in [0.3, 0.4) is 0 Å². The van der Waals surface area contributed by atoms with Crippen LogP contribution in [0, 0.1) is 0 Å². The Morgan fingerprint density at radius 1 is 0.286 bits per heavy atom. The van der Waals surface area contributed by atoms with E-state index in [0.29, 0.717) is 0 Å². The number of hydrogen-bond donors (Lipinski definition) is 0. The van der Waals surface area contributed by atoms with Crippen LogP contribution in [0.1, 0.15) is 0 Å². The average molecular weight is 268 g/mol. The fraction of sp³-hybridized carbons (Fsp3) is 0. The van der Waals surface area contributed by atoms with E-state index in [2.05, 4.69) is 0 Å². The third-order valence-corrected chi connectivity index (χ3v) is 0. The number of halogens is 6. The maximum Gasteiger partial charge on any atom is 2.00 e. The zero-order valence-corrected chi connectivity index (χ0v) is 8.36. The van der Waals surface area contributed by atoms with Crippen molar-refractivity contribution in [3.05, 3.63) is 0 Å². The van der Waals surface area contributed by atoms with Crippen molar-refractivity contribution in [2.24, 2.45) is 0 Å². The zero-order chi connectivity index (χ0) is 0. The molecular weight excluding hydrogens is 268 g/mol. The van der Waals surface area contributed by atoms with E-state index in [0.717, 1.165) is 0 Å². The Labute approximate surface area is 90.9 Å². The molecular formula is Cl6Mn-4. The Morgan fingerprint density at radius 2 is 0.286 bits per heavy atom. The molecule has 0 spiro atoms. The van der Waals surface area contributed by atoms with Crippen LogP contribution < -0.4 is 74.4 Å². The molecule has 53 valence electrons. The first-order chi connectivity index (χ1) is 0. The molecule has 0 amide bonds. The molecule has 0 atom stereocenters. The van der Waals surface area contributed by atoms with E-state index < -0.39 is 0 Å². The summed E-state index contributed by atoms with van der Waals surface area (Å²) in [5, 5.41) is 0. The van der Waals surface area contributed by atoms with Crippen LogP contribution in [0.4, 0.5) is 0 Å². The maximum absolute atomic E-state index is 0. The molecule has 0 heterocycles. The van der Waals surface area contributed by atoms with E-state index in [4.69, 9.17) is 0 Å². The molecule has 7 heavy (non-hydrogen) atoms. The van der Waals surface area contributed by atoms with Gasteiger partial charge in [-0.3, -0.25) is 0 Å². The summed E-state index contributed by atoms with van der Waals surface area (Å²) in [4.78, 5) is 0. The molecule has 0 fully saturated rings. The molecule has 0 rings (SSSR count). The Kier molecular flexibility index (Phi) is 1510. The van der Waals surface area contributed by atoms with Gasteiger partial charge in [-0.1, -0.05) is 0 Å². The minimum absolute atomic E-state index is 0. The number of rotatable bonds is 0. The quantitative estimate of drug-likeness (QED) is 0.383. The van der Waals surface area contributed by atoms with Gasteiger partial charge in [0.15, 0.2) is 0 Å². The fourth-order valence-electron chi connectivity index (χ4n) is 0. The van der Waals surface area contributed by atoms with Crippen molar-refractivity contribution in [3.8, 4) is 0 Å². The van der Waals surface area contributed by atoms with Crippen LogP contribution in [0.15, 0.2) is 0 Å². The molecule has 0 aliphatic rings. The van der Waals surface area contributed by atoms with E-state index in [1.54, 1.807) is 0 Å². The third kappa shape index (κ3) is 63.4. The Balaban J connectivity index is 0. The van der Waals surface area contributed by atoms with Crippen molar-refractivity contribution in [1.82, 2.24) is 0 Å². The summed E-state index contributed by atoms with van der Waals surface area (Å²) in [6.07, 6.45) is 0. The largest absolute Gasteiger partial charge is 2.00 e. The molecule has 1 radical (unpaired) electrons. The van der Waals surface area contributed by atoms with E-state index in [1.165, 1.54) is 0 Å². The Hall–Kier alpha value is 2.26. The Morgan fingerprint density at radius 3 is 0.286 bits per heavy atom. The summed E-state index contributed by atoms with van der Waals surface area (Å²) >= 11 is 0. The van der Waals surface area contributed by atoms with Gasteiger partial charge < -0.3 is 74.4 Å². The van der Waals surface area contributed by atoms with Crippen LogP contribution in [0.2, 0.25) is 0 Å². The molecule has 0 aliphatic carbocycles. The first-order valence-electron chi connectivity index (χ1n) is 0. The van der Waals surface area contributed by atoms with Crippen molar-refractivity contribution >= 4 is 0 Å². The van der Waals surface area contributed by atoms with Gasteiger partial charge >= 0.3 is 17.1 Å². The smallest absolute Gasteiger partial charge is 1.00 e. The normalized spacial score (nSPS) is 0. The minimum atomic E-state index is 0. The molecule has 0 aromatic heterocycles. The number of hydrogen-bond acceptors (Lipinski definition) is 0. The van der Waals surface area contributed by atoms with Crippen LogP contribution in [0.5, 0.6) is 0 Å². The molecule has 7 heteroatoms. The molecule has 0 saturated carbocycles. The molecule has 0 aromatic rings. The summed E-state index contributed by atoms with van der Waals surface area (Å²) in [6.45, 7) is 0. The summed E-state index contributed by atoms with van der Waals surface area (Å²) in [7, 11) is 0. The predicted octanol–water partition coefficient (Wildman–Crippen LogP) is -18.0. The fourth-order valence-corrected chi connectivity index (χ4v) is 0. The van der Waals surface area contributed by atoms with Gasteiger partial charge in [-0.05, 0) is 0 Å². The van der Waals surface area contributed by atoms with Crippen molar-refractivity contribution in [1.29, 1.82) is 0 Å². The van der Waals surface area contributed by atoms with Gasteiger partial charge in [0.25, 0.3) is 0 Å². The van der Waals surface area contributed by atoms with Crippen LogP contribution in [-0.2, 0) is 17.1 Å². The third-order valence-electron chi connectivity index (χ3n) is 0. The van der Waals surface area contributed by atoms with Crippen LogP contribution >= 0.6 is 0 Å². The van der Waals surface area contributed by atoms with Gasteiger partial charge in [-0.15, -0.1) is 0 Å². The van der Waals surface area contributed by atoms with E-state index in [1.807, 2.05) is 0 Å². The van der Waals surface area contributed by atoms with Gasteiger partial charge in [0.05, 0.1) is 0 Å². The Bertz CT molecular complexity index is 4.14. The zero-order valence-electron chi connectivity index (χ0n) is 2.65. The first-order valence-corrected chi connectivity index (χ1v) is 0. The van der Waals surface area contributed by atoms with Gasteiger partial charge in [0.1, 0.15) is 0 Å². The average Bonchev–Trinajstić information content (AvgIpc) is 0. The molecule has 0 saturated heterocycles. The molecule has 0 N–H and O–H groups in total. The van der Waals surface area contributed by atoms with Crippen molar-refractivity contribution in [2.75, 3.05) is 0 Å². The minimum Gasteiger partial charge on any atom is -1.00 e.